The van der Waals surface area contributed by atoms with Crippen LogP contribution in [0.2, 0.25) is 0 Å². The lowest BCUT2D eigenvalue weighted by Crippen LogP contribution is -2.63. The Labute approximate surface area is 255 Å². The number of carboxylic acids is 1. The summed E-state index contributed by atoms with van der Waals surface area (Å²) in [5.41, 5.74) is 7.10. The zero-order chi connectivity index (χ0) is 31.0. The molecule has 3 fully saturated rings. The molecule has 43 heavy (non-hydrogen) atoms. The molecule has 0 saturated carbocycles. The number of β-lactam (4-membered cyclic amide) rings is 1. The Balaban J connectivity index is 1.09. The molecule has 3 amide bonds. The second kappa shape index (κ2) is 12.9. The summed E-state index contributed by atoms with van der Waals surface area (Å²) < 4.78 is 0. The topological polar surface area (TPSA) is 186 Å². The molecule has 0 radical (unpaired) electrons. The van der Waals surface area contributed by atoms with E-state index < -0.39 is 36.2 Å². The highest BCUT2D eigenvalue weighted by Crippen LogP contribution is 2.51. The fraction of sp³-hybridized carbons (Fsp3) is 0.600. The molecular weight excluding hydrogens is 574 g/mol. The van der Waals surface area contributed by atoms with Crippen LogP contribution in [0.3, 0.4) is 0 Å². The van der Waals surface area contributed by atoms with Crippen LogP contribution >= 0.6 is 11.8 Å². The van der Waals surface area contributed by atoms with E-state index in [4.69, 9.17) is 5.73 Å². The highest BCUT2D eigenvalue weighted by Gasteiger charge is 2.60. The number of aliphatic carboxylic acids is 1. The van der Waals surface area contributed by atoms with Gasteiger partial charge in [0.25, 0.3) is 0 Å². The third-order valence-electron chi connectivity index (χ3n) is 9.06. The molecule has 4 aliphatic heterocycles. The first-order chi connectivity index (χ1) is 20.5. The standard InChI is InChI=1S/C30H41N5O7S/c1-15-25-24(16(2)36)29(40)35(25)26(30(41)42)27(15)43-19-11-21(32-13-19)28(39)34-9-8-18(14-34)33-23(38)12-22(37)20(31)10-17-6-4-3-5-7-17/h3-7,15-16,18-22,24-25,32,36-37H,8-14,31H2,1-2H3,(H,33,38)(H,41,42)/t15-,16-,18+,19+,20+,21+,22-,24-,25-/m1/s1. The number of amides is 3. The van der Waals surface area contributed by atoms with Crippen molar-refractivity contribution in [3.63, 3.8) is 0 Å². The smallest absolute Gasteiger partial charge is 0.353 e. The van der Waals surface area contributed by atoms with Crippen LogP contribution in [0.15, 0.2) is 40.9 Å². The predicted octanol–water partition coefficient (Wildman–Crippen LogP) is -0.358. The minimum atomic E-state index is -1.16. The minimum absolute atomic E-state index is 0.0107. The third-order valence-corrected chi connectivity index (χ3v) is 10.6. The van der Waals surface area contributed by atoms with Gasteiger partial charge in [-0.25, -0.2) is 4.79 Å². The van der Waals surface area contributed by atoms with Crippen molar-refractivity contribution in [2.75, 3.05) is 19.6 Å². The number of aliphatic hydroxyl groups excluding tert-OH is 2. The lowest BCUT2D eigenvalue weighted by Gasteiger charge is -2.46. The van der Waals surface area contributed by atoms with E-state index in [1.807, 2.05) is 37.3 Å². The van der Waals surface area contributed by atoms with Gasteiger partial charge in [-0.3, -0.25) is 14.4 Å². The van der Waals surface area contributed by atoms with Gasteiger partial charge in [0.1, 0.15) is 5.70 Å². The summed E-state index contributed by atoms with van der Waals surface area (Å²) in [6.45, 7) is 4.82. The van der Waals surface area contributed by atoms with Crippen molar-refractivity contribution < 1.29 is 34.5 Å². The molecule has 5 rings (SSSR count). The van der Waals surface area contributed by atoms with Gasteiger partial charge in [-0.2, -0.15) is 0 Å². The van der Waals surface area contributed by atoms with Crippen LogP contribution in [0.1, 0.15) is 38.7 Å². The summed E-state index contributed by atoms with van der Waals surface area (Å²) in [6, 6.07) is 7.96. The average molecular weight is 616 g/mol. The molecule has 1 aromatic rings. The fourth-order valence-corrected chi connectivity index (χ4v) is 8.27. The summed E-state index contributed by atoms with van der Waals surface area (Å²) in [5, 5.41) is 36.5. The van der Waals surface area contributed by atoms with E-state index in [1.165, 1.54) is 16.7 Å². The molecular formula is C30H41N5O7S. The third kappa shape index (κ3) is 6.46. The molecule has 234 valence electrons. The van der Waals surface area contributed by atoms with E-state index in [0.29, 0.717) is 43.8 Å². The summed E-state index contributed by atoms with van der Waals surface area (Å²) in [7, 11) is 0. The molecule has 0 spiro atoms. The van der Waals surface area contributed by atoms with E-state index in [2.05, 4.69) is 10.6 Å². The molecule has 1 aromatic carbocycles. The molecule has 0 aliphatic carbocycles. The van der Waals surface area contributed by atoms with Crippen LogP contribution in [0.4, 0.5) is 0 Å². The number of carboxylic acid groups (broad SMARTS) is 1. The molecule has 0 aromatic heterocycles. The maximum Gasteiger partial charge on any atom is 0.353 e. The fourth-order valence-electron chi connectivity index (χ4n) is 6.79. The van der Waals surface area contributed by atoms with Crippen LogP contribution < -0.4 is 16.4 Å². The van der Waals surface area contributed by atoms with Crippen molar-refractivity contribution >= 4 is 35.5 Å². The van der Waals surface area contributed by atoms with Crippen LogP contribution in [-0.2, 0) is 25.6 Å². The highest BCUT2D eigenvalue weighted by molar-refractivity contribution is 8.03. The van der Waals surface area contributed by atoms with Crippen molar-refractivity contribution in [2.24, 2.45) is 17.6 Å². The van der Waals surface area contributed by atoms with Crippen molar-refractivity contribution in [3.05, 3.63) is 46.5 Å². The van der Waals surface area contributed by atoms with Gasteiger partial charge in [-0.15, -0.1) is 11.8 Å². The maximum atomic E-state index is 13.3. The number of rotatable bonds is 11. The summed E-state index contributed by atoms with van der Waals surface area (Å²) in [4.78, 5) is 54.3. The summed E-state index contributed by atoms with van der Waals surface area (Å²) in [5.74, 6) is -2.74. The van der Waals surface area contributed by atoms with Crippen LogP contribution in [-0.4, -0.2) is 110 Å². The summed E-state index contributed by atoms with van der Waals surface area (Å²) >= 11 is 1.40. The number of hydrogen-bond acceptors (Lipinski definition) is 9. The molecule has 3 saturated heterocycles. The number of likely N-dealkylation sites (tertiary alicyclic amines) is 1. The summed E-state index contributed by atoms with van der Waals surface area (Å²) in [6.07, 6.45) is -0.389. The second-order valence-corrected chi connectivity index (χ2v) is 13.5. The van der Waals surface area contributed by atoms with E-state index >= 15 is 0 Å². The van der Waals surface area contributed by atoms with Gasteiger partial charge in [-0.05, 0) is 31.7 Å². The monoisotopic (exact) mass is 615 g/mol. The number of hydrogen-bond donors (Lipinski definition) is 6. The average Bonchev–Trinajstić information content (AvgIpc) is 3.67. The number of thioether (sulfide) groups is 1. The Morgan fingerprint density at radius 2 is 1.93 bits per heavy atom. The molecule has 13 heteroatoms. The highest BCUT2D eigenvalue weighted by atomic mass is 32.2. The van der Waals surface area contributed by atoms with Crippen molar-refractivity contribution in [1.82, 2.24) is 20.4 Å². The SMILES string of the molecule is C[C@@H](O)[C@H]1C(=O)N2C(C(=O)O)=C(S[C@@H]3CN[C@H](C(=O)N4CC[C@H](NC(=O)C[C@@H](O)[C@@H](N)Cc5ccccc5)C4)C3)[C@H](C)[C@H]12. The zero-order valence-electron chi connectivity index (χ0n) is 24.4. The number of carbonyl (C=O) groups is 4. The largest absolute Gasteiger partial charge is 0.477 e. The van der Waals surface area contributed by atoms with Gasteiger partial charge in [0.05, 0.1) is 36.6 Å². The van der Waals surface area contributed by atoms with E-state index in [9.17, 15) is 34.5 Å². The van der Waals surface area contributed by atoms with Crippen LogP contribution in [0.5, 0.6) is 0 Å². The quantitative estimate of drug-likeness (QED) is 0.180. The predicted molar refractivity (Wildman–Crippen MR) is 159 cm³/mol. The van der Waals surface area contributed by atoms with Crippen LogP contribution in [0, 0.1) is 11.8 Å². The number of aliphatic hydroxyl groups is 2. The molecule has 7 N–H and O–H groups in total. The van der Waals surface area contributed by atoms with Crippen LogP contribution in [0.25, 0.3) is 0 Å². The minimum Gasteiger partial charge on any atom is -0.477 e. The first kappa shape index (κ1) is 31.5. The molecule has 4 heterocycles. The van der Waals surface area contributed by atoms with Gasteiger partial charge in [-0.1, -0.05) is 37.3 Å². The van der Waals surface area contributed by atoms with Crippen molar-refractivity contribution in [3.8, 4) is 0 Å². The van der Waals surface area contributed by atoms with Crippen molar-refractivity contribution in [2.45, 2.75) is 81.2 Å². The molecule has 9 atom stereocenters. The number of nitrogens with zero attached hydrogens (tertiary/aromatic N) is 2. The molecule has 0 bridgehead atoms. The Bertz CT molecular complexity index is 1280. The number of nitrogens with one attached hydrogen (secondary N) is 2. The zero-order valence-corrected chi connectivity index (χ0v) is 25.2. The molecule has 12 nitrogen and oxygen atoms in total. The molecule has 4 aliphatic rings. The van der Waals surface area contributed by atoms with Gasteiger partial charge in [0.15, 0.2) is 0 Å². The van der Waals surface area contributed by atoms with Gasteiger partial charge < -0.3 is 41.5 Å². The normalized spacial score (nSPS) is 30.6. The first-order valence-electron chi connectivity index (χ1n) is 14.9. The van der Waals surface area contributed by atoms with E-state index in [1.54, 1.807) is 11.8 Å². The number of nitrogens with two attached hydrogens (primary N) is 1. The van der Waals surface area contributed by atoms with Gasteiger partial charge in [0, 0.05) is 47.8 Å². The lowest BCUT2D eigenvalue weighted by atomic mass is 9.79. The van der Waals surface area contributed by atoms with Crippen molar-refractivity contribution in [1.29, 1.82) is 0 Å². The number of carbonyl (C=O) groups excluding carboxylic acids is 3. The Kier molecular flexibility index (Phi) is 9.47. The Morgan fingerprint density at radius 3 is 2.60 bits per heavy atom. The molecule has 0 unspecified atom stereocenters. The Hall–Kier alpha value is -2.97. The van der Waals surface area contributed by atoms with Gasteiger partial charge >= 0.3 is 5.97 Å². The number of fused-ring (bicyclic) bond motifs is 1. The first-order valence-corrected chi connectivity index (χ1v) is 15.8. The maximum absolute atomic E-state index is 13.3. The number of benzene rings is 1. The second-order valence-electron chi connectivity index (χ2n) is 12.2. The van der Waals surface area contributed by atoms with E-state index in [0.717, 1.165) is 5.56 Å². The Morgan fingerprint density at radius 1 is 1.21 bits per heavy atom. The lowest BCUT2D eigenvalue weighted by molar-refractivity contribution is -0.163. The van der Waals surface area contributed by atoms with Gasteiger partial charge in [0.2, 0.25) is 17.7 Å². The van der Waals surface area contributed by atoms with E-state index in [-0.39, 0.29) is 53.1 Å².